The second-order valence-electron chi connectivity index (χ2n) is 10.6. The maximum atomic E-state index is 14.5. The number of rotatable bonds is 5. The number of aryl methyl sites for hydroxylation is 1. The van der Waals surface area contributed by atoms with Crippen molar-refractivity contribution in [3.63, 3.8) is 0 Å². The van der Waals surface area contributed by atoms with E-state index in [-0.39, 0.29) is 6.54 Å². The van der Waals surface area contributed by atoms with Crippen molar-refractivity contribution in [2.45, 2.75) is 59.8 Å². The van der Waals surface area contributed by atoms with E-state index in [1.807, 2.05) is 38.1 Å². The minimum Gasteiger partial charge on any atom is -0.479 e. The van der Waals surface area contributed by atoms with Gasteiger partial charge in [-0.2, -0.15) is 0 Å². The number of nitrogens with zero attached hydrogens (tertiary/aromatic N) is 1. The Morgan fingerprint density at radius 3 is 2.19 bits per heavy atom. The summed E-state index contributed by atoms with van der Waals surface area (Å²) in [6.07, 6.45) is -0.246. The molecule has 0 unspecified atom stereocenters. The Kier molecular flexibility index (Phi) is 6.71. The number of fused-ring (bicyclic) bond motifs is 3. The summed E-state index contributed by atoms with van der Waals surface area (Å²) in [5.41, 5.74) is 5.35. The smallest absolute Gasteiger partial charge is 0.337 e. The predicted octanol–water partition coefficient (Wildman–Crippen LogP) is 6.31. The normalized spacial score (nSPS) is 14.2. The molecule has 0 aliphatic carbocycles. The zero-order valence-corrected chi connectivity index (χ0v) is 23.0. The van der Waals surface area contributed by atoms with Crippen LogP contribution in [0, 0.1) is 26.6 Å². The number of hydrogen-bond donors (Lipinski definition) is 1. The summed E-state index contributed by atoms with van der Waals surface area (Å²) in [4.78, 5) is 12.7. The molecular weight excluding hydrogens is 493 g/mol. The molecule has 0 bridgehead atoms. The lowest BCUT2D eigenvalue weighted by Gasteiger charge is -2.37. The fraction of sp³-hybridized carbons (Fsp3) is 0.345. The van der Waals surface area contributed by atoms with E-state index in [4.69, 9.17) is 4.74 Å². The molecule has 0 spiro atoms. The average Bonchev–Trinajstić information content (AvgIpc) is 2.78. The number of carboxylic acid groups (broad SMARTS) is 1. The third-order valence-electron chi connectivity index (χ3n) is 6.62. The summed E-state index contributed by atoms with van der Waals surface area (Å²) >= 11 is 0. The second kappa shape index (κ2) is 9.26. The molecule has 37 heavy (non-hydrogen) atoms. The monoisotopic (exact) mass is 525 g/mol. The third kappa shape index (κ3) is 5.00. The van der Waals surface area contributed by atoms with E-state index in [9.17, 15) is 22.7 Å². The van der Waals surface area contributed by atoms with Crippen LogP contribution in [0.15, 0.2) is 42.5 Å². The van der Waals surface area contributed by atoms with Crippen LogP contribution in [-0.4, -0.2) is 31.4 Å². The summed E-state index contributed by atoms with van der Waals surface area (Å²) in [7, 11) is -3.76. The van der Waals surface area contributed by atoms with Crippen molar-refractivity contribution in [3.05, 3.63) is 76.1 Å². The Morgan fingerprint density at radius 1 is 1.03 bits per heavy atom. The maximum absolute atomic E-state index is 14.5. The quantitative estimate of drug-likeness (QED) is 0.422. The van der Waals surface area contributed by atoms with Gasteiger partial charge in [0.15, 0.2) is 6.10 Å². The standard InChI is InChI=1S/C29H32FNO5S/c1-16-8-10-19(11-9-16)23-17(2)24-22-14-21(30)13-12-20(22)15-31(37(7,34)35)26(24)18(3)25(23)27(28(32)33)36-29(4,5)6/h8-14,27H,15H2,1-7H3,(H,32,33)/t27-/m0/s1. The molecule has 8 heteroatoms. The zero-order valence-electron chi connectivity index (χ0n) is 22.1. The SMILES string of the molecule is Cc1ccc(-c2c(C)c3c(c(C)c2[C@H](OC(C)(C)C)C(=O)O)N(S(C)(=O)=O)Cc2ccc(F)cc2-3)cc1. The van der Waals surface area contributed by atoms with Gasteiger partial charge in [-0.05, 0) is 87.1 Å². The van der Waals surface area contributed by atoms with Crippen molar-refractivity contribution < 1.29 is 27.4 Å². The molecule has 0 saturated carbocycles. The van der Waals surface area contributed by atoms with Gasteiger partial charge in [0.2, 0.25) is 10.0 Å². The number of carboxylic acids is 1. The minimum absolute atomic E-state index is 0.0168. The molecule has 1 aliphatic heterocycles. The molecular formula is C29H32FNO5S. The van der Waals surface area contributed by atoms with Crippen molar-refractivity contribution in [1.29, 1.82) is 0 Å². The fourth-order valence-electron chi connectivity index (χ4n) is 5.09. The maximum Gasteiger partial charge on any atom is 0.337 e. The second-order valence-corrected chi connectivity index (χ2v) is 12.6. The first-order chi connectivity index (χ1) is 17.1. The number of hydrogen-bond acceptors (Lipinski definition) is 4. The molecule has 1 heterocycles. The summed E-state index contributed by atoms with van der Waals surface area (Å²) in [6, 6.07) is 12.0. The van der Waals surface area contributed by atoms with Gasteiger partial charge in [-0.15, -0.1) is 0 Å². The van der Waals surface area contributed by atoms with Crippen molar-refractivity contribution in [3.8, 4) is 22.3 Å². The molecule has 4 rings (SSSR count). The van der Waals surface area contributed by atoms with Crippen LogP contribution >= 0.6 is 0 Å². The zero-order chi connectivity index (χ0) is 27.4. The van der Waals surface area contributed by atoms with Gasteiger partial charge in [-0.3, -0.25) is 4.31 Å². The molecule has 0 radical (unpaired) electrons. The van der Waals surface area contributed by atoms with Crippen LogP contribution in [0.4, 0.5) is 10.1 Å². The van der Waals surface area contributed by atoms with Crippen molar-refractivity contribution in [1.82, 2.24) is 0 Å². The first-order valence-electron chi connectivity index (χ1n) is 12.0. The number of carbonyl (C=O) groups is 1. The molecule has 1 atom stereocenters. The summed E-state index contributed by atoms with van der Waals surface area (Å²) in [5.74, 6) is -1.62. The Morgan fingerprint density at radius 2 is 1.65 bits per heavy atom. The predicted molar refractivity (Wildman–Crippen MR) is 144 cm³/mol. The van der Waals surface area contributed by atoms with E-state index in [1.165, 1.54) is 16.4 Å². The Balaban J connectivity index is 2.22. The number of sulfonamides is 1. The van der Waals surface area contributed by atoms with Crippen LogP contribution in [0.25, 0.3) is 22.3 Å². The van der Waals surface area contributed by atoms with Crippen LogP contribution in [-0.2, 0) is 26.1 Å². The lowest BCUT2D eigenvalue weighted by atomic mass is 9.80. The summed E-state index contributed by atoms with van der Waals surface area (Å²) in [5, 5.41) is 10.3. The molecule has 1 aliphatic rings. The summed E-state index contributed by atoms with van der Waals surface area (Å²) < 4.78 is 47.9. The lowest BCUT2D eigenvalue weighted by molar-refractivity contribution is -0.160. The molecule has 0 saturated heterocycles. The minimum atomic E-state index is -3.76. The highest BCUT2D eigenvalue weighted by Crippen LogP contribution is 2.51. The highest BCUT2D eigenvalue weighted by Gasteiger charge is 2.38. The largest absolute Gasteiger partial charge is 0.479 e. The van der Waals surface area contributed by atoms with E-state index in [1.54, 1.807) is 33.8 Å². The van der Waals surface area contributed by atoms with Gasteiger partial charge in [0.25, 0.3) is 0 Å². The van der Waals surface area contributed by atoms with Crippen LogP contribution in [0.5, 0.6) is 0 Å². The lowest BCUT2D eigenvalue weighted by Crippen LogP contribution is -2.34. The van der Waals surface area contributed by atoms with Gasteiger partial charge in [-0.1, -0.05) is 35.9 Å². The van der Waals surface area contributed by atoms with Gasteiger partial charge in [-0.25, -0.2) is 17.6 Å². The van der Waals surface area contributed by atoms with Gasteiger partial charge in [0, 0.05) is 11.1 Å². The highest BCUT2D eigenvalue weighted by atomic mass is 32.2. The molecule has 3 aromatic rings. The third-order valence-corrected chi connectivity index (χ3v) is 7.73. The first kappa shape index (κ1) is 26.8. The van der Waals surface area contributed by atoms with Crippen molar-refractivity contribution in [2.75, 3.05) is 10.6 Å². The first-order valence-corrected chi connectivity index (χ1v) is 13.9. The van der Waals surface area contributed by atoms with Crippen molar-refractivity contribution >= 4 is 21.7 Å². The molecule has 0 amide bonds. The number of aliphatic carboxylic acids is 1. The van der Waals surface area contributed by atoms with E-state index >= 15 is 0 Å². The van der Waals surface area contributed by atoms with Crippen molar-refractivity contribution in [2.24, 2.45) is 0 Å². The number of benzene rings is 3. The average molecular weight is 526 g/mol. The van der Waals surface area contributed by atoms with E-state index in [0.29, 0.717) is 44.6 Å². The molecule has 6 nitrogen and oxygen atoms in total. The summed E-state index contributed by atoms with van der Waals surface area (Å²) in [6.45, 7) is 10.8. The Bertz CT molecular complexity index is 1500. The topological polar surface area (TPSA) is 83.9 Å². The van der Waals surface area contributed by atoms with Crippen LogP contribution in [0.2, 0.25) is 0 Å². The van der Waals surface area contributed by atoms with Crippen LogP contribution in [0.3, 0.4) is 0 Å². The van der Waals surface area contributed by atoms with Gasteiger partial charge in [0.1, 0.15) is 5.82 Å². The van der Waals surface area contributed by atoms with Crippen LogP contribution < -0.4 is 4.31 Å². The van der Waals surface area contributed by atoms with Gasteiger partial charge >= 0.3 is 5.97 Å². The molecule has 0 fully saturated rings. The van der Waals surface area contributed by atoms with E-state index in [2.05, 4.69) is 0 Å². The molecule has 196 valence electrons. The Labute approximate surface area is 217 Å². The fourth-order valence-corrected chi connectivity index (χ4v) is 6.02. The van der Waals surface area contributed by atoms with Crippen LogP contribution in [0.1, 0.15) is 54.7 Å². The molecule has 1 N–H and O–H groups in total. The van der Waals surface area contributed by atoms with E-state index < -0.39 is 33.5 Å². The number of ether oxygens (including phenoxy) is 1. The number of anilines is 1. The van der Waals surface area contributed by atoms with E-state index in [0.717, 1.165) is 17.4 Å². The van der Waals surface area contributed by atoms with Gasteiger partial charge < -0.3 is 9.84 Å². The molecule has 3 aromatic carbocycles. The molecule has 0 aromatic heterocycles. The Hall–Kier alpha value is -3.23. The highest BCUT2D eigenvalue weighted by molar-refractivity contribution is 7.92. The van der Waals surface area contributed by atoms with Gasteiger partial charge in [0.05, 0.1) is 24.1 Å². The number of halogens is 1.